The fourth-order valence-corrected chi connectivity index (χ4v) is 4.76. The lowest BCUT2D eigenvalue weighted by Crippen LogP contribution is -2.54. The van der Waals surface area contributed by atoms with Crippen molar-refractivity contribution in [2.45, 2.75) is 13.5 Å². The number of carbonyl (C=O) groups is 3. The molecule has 1 fully saturated rings. The first kappa shape index (κ1) is 25.7. The minimum absolute atomic E-state index is 0.0184. The molecule has 2 N–H and O–H groups in total. The maximum Gasteiger partial charge on any atom is 0.270 e. The average molecular weight is 563 g/mol. The Morgan fingerprint density at radius 1 is 1.05 bits per heavy atom. The number of nitrogens with one attached hydrogen (secondary N) is 2. The van der Waals surface area contributed by atoms with Crippen LogP contribution in [0.25, 0.3) is 17.0 Å². The van der Waals surface area contributed by atoms with Gasteiger partial charge in [0.15, 0.2) is 5.11 Å². The fraction of sp³-hybridized carbons (Fsp3) is 0.0714. The lowest BCUT2D eigenvalue weighted by molar-refractivity contribution is -0.122. The molecule has 5 rings (SSSR count). The molecule has 0 atom stereocenters. The molecule has 7 nitrogen and oxygen atoms in total. The van der Waals surface area contributed by atoms with Gasteiger partial charge in [-0.1, -0.05) is 47.5 Å². The Kier molecular flexibility index (Phi) is 7.03. The highest BCUT2D eigenvalue weighted by molar-refractivity contribution is 7.80. The summed E-state index contributed by atoms with van der Waals surface area (Å²) in [6.07, 6.45) is 3.25. The molecule has 1 aliphatic rings. The third kappa shape index (κ3) is 5.06. The second-order valence-electron chi connectivity index (χ2n) is 8.68. The van der Waals surface area contributed by atoms with Gasteiger partial charge in [0.2, 0.25) is 5.91 Å². The van der Waals surface area contributed by atoms with Gasteiger partial charge in [-0.3, -0.25) is 24.6 Å². The molecular formula is C28H20Cl2N4O3S. The smallest absolute Gasteiger partial charge is 0.270 e. The van der Waals surface area contributed by atoms with E-state index in [1.807, 2.05) is 31.2 Å². The molecule has 1 saturated heterocycles. The van der Waals surface area contributed by atoms with Gasteiger partial charge in [-0.15, -0.1) is 0 Å². The number of amides is 3. The normalized spacial score (nSPS) is 14.8. The molecule has 190 valence electrons. The van der Waals surface area contributed by atoms with Crippen LogP contribution < -0.4 is 15.5 Å². The Balaban J connectivity index is 1.48. The third-order valence-corrected chi connectivity index (χ3v) is 7.02. The van der Waals surface area contributed by atoms with Gasteiger partial charge in [0, 0.05) is 38.4 Å². The van der Waals surface area contributed by atoms with Crippen LogP contribution in [0.4, 0.5) is 11.4 Å². The lowest BCUT2D eigenvalue weighted by atomic mass is 10.1. The van der Waals surface area contributed by atoms with Gasteiger partial charge in [-0.25, -0.2) is 0 Å². The van der Waals surface area contributed by atoms with E-state index in [-0.39, 0.29) is 23.1 Å². The first-order valence-electron chi connectivity index (χ1n) is 11.5. The number of para-hydroxylation sites is 1. The SMILES string of the molecule is Cc1ccc(N2C(=O)/C(=C/c3cn(CC(=O)Nc4ccc(Cl)cc4)c4ccccc34)C(=O)NC2=S)cc1Cl. The number of hydrogen-bond acceptors (Lipinski definition) is 4. The molecule has 0 spiro atoms. The molecule has 1 aromatic heterocycles. The van der Waals surface area contributed by atoms with Crippen LogP contribution in [0, 0.1) is 6.92 Å². The van der Waals surface area contributed by atoms with Crippen molar-refractivity contribution in [3.05, 3.63) is 99.7 Å². The summed E-state index contributed by atoms with van der Waals surface area (Å²) in [6.45, 7) is 1.87. The number of aryl methyl sites for hydroxylation is 1. The summed E-state index contributed by atoms with van der Waals surface area (Å²) >= 11 is 17.5. The van der Waals surface area contributed by atoms with Crippen LogP contribution in [-0.2, 0) is 20.9 Å². The highest BCUT2D eigenvalue weighted by Crippen LogP contribution is 2.29. The lowest BCUT2D eigenvalue weighted by Gasteiger charge is -2.29. The number of benzene rings is 3. The number of rotatable bonds is 5. The van der Waals surface area contributed by atoms with Gasteiger partial charge < -0.3 is 9.88 Å². The van der Waals surface area contributed by atoms with Crippen molar-refractivity contribution in [3.8, 4) is 0 Å². The first-order valence-corrected chi connectivity index (χ1v) is 12.7. The molecule has 38 heavy (non-hydrogen) atoms. The van der Waals surface area contributed by atoms with Crippen LogP contribution in [-0.4, -0.2) is 27.4 Å². The van der Waals surface area contributed by atoms with E-state index in [4.69, 9.17) is 35.4 Å². The second-order valence-corrected chi connectivity index (χ2v) is 9.91. The molecule has 10 heteroatoms. The standard InChI is InChI=1S/C28H20Cl2N4O3S/c1-16-6-11-20(13-23(16)30)34-27(37)22(26(36)32-28(34)38)12-17-14-33(24-5-3-2-4-21(17)24)15-25(35)31-19-9-7-18(29)8-10-19/h2-14H,15H2,1H3,(H,31,35)(H,32,36,38)/b22-12+. The van der Waals surface area contributed by atoms with Crippen molar-refractivity contribution in [2.75, 3.05) is 10.2 Å². The monoisotopic (exact) mass is 562 g/mol. The summed E-state index contributed by atoms with van der Waals surface area (Å²) in [5.41, 5.74) is 3.19. The average Bonchev–Trinajstić information content (AvgIpc) is 3.22. The topological polar surface area (TPSA) is 83.4 Å². The van der Waals surface area contributed by atoms with Gasteiger partial charge in [0.25, 0.3) is 11.8 Å². The molecule has 3 aromatic carbocycles. The number of aromatic nitrogens is 1. The highest BCUT2D eigenvalue weighted by Gasteiger charge is 2.35. The summed E-state index contributed by atoms with van der Waals surface area (Å²) in [5, 5.41) is 7.22. The first-order chi connectivity index (χ1) is 18.2. The molecule has 0 aliphatic carbocycles. The van der Waals surface area contributed by atoms with E-state index in [0.717, 1.165) is 16.5 Å². The van der Waals surface area contributed by atoms with Crippen molar-refractivity contribution in [1.82, 2.24) is 9.88 Å². The Hall–Kier alpha value is -3.98. The molecular weight excluding hydrogens is 543 g/mol. The quantitative estimate of drug-likeness (QED) is 0.185. The summed E-state index contributed by atoms with van der Waals surface area (Å²) < 4.78 is 1.76. The van der Waals surface area contributed by atoms with E-state index in [0.29, 0.717) is 27.0 Å². The molecule has 4 aromatic rings. The summed E-state index contributed by atoms with van der Waals surface area (Å²) in [7, 11) is 0. The van der Waals surface area contributed by atoms with Crippen LogP contribution in [0.3, 0.4) is 0 Å². The second kappa shape index (κ2) is 10.4. The van der Waals surface area contributed by atoms with Crippen LogP contribution in [0.2, 0.25) is 10.0 Å². The number of hydrogen-bond donors (Lipinski definition) is 2. The summed E-state index contributed by atoms with van der Waals surface area (Å²) in [4.78, 5) is 40.3. The maximum absolute atomic E-state index is 13.5. The van der Waals surface area contributed by atoms with Gasteiger partial charge in [0.1, 0.15) is 12.1 Å². The summed E-state index contributed by atoms with van der Waals surface area (Å²) in [6, 6.07) is 19.4. The third-order valence-electron chi connectivity index (χ3n) is 6.08. The zero-order valence-electron chi connectivity index (χ0n) is 20.0. The maximum atomic E-state index is 13.5. The van der Waals surface area contributed by atoms with E-state index in [9.17, 15) is 14.4 Å². The fourth-order valence-electron chi connectivity index (χ4n) is 4.18. The van der Waals surface area contributed by atoms with Crippen molar-refractivity contribution in [2.24, 2.45) is 0 Å². The van der Waals surface area contributed by atoms with E-state index in [1.54, 1.807) is 53.2 Å². The number of thiocarbonyl (C=S) groups is 1. The largest absolute Gasteiger partial charge is 0.337 e. The van der Waals surface area contributed by atoms with Crippen molar-refractivity contribution in [3.63, 3.8) is 0 Å². The van der Waals surface area contributed by atoms with Gasteiger partial charge in [-0.2, -0.15) is 0 Å². The van der Waals surface area contributed by atoms with Crippen molar-refractivity contribution >= 4 is 86.6 Å². The number of halogens is 2. The molecule has 0 radical (unpaired) electrons. The molecule has 3 amide bonds. The molecule has 1 aliphatic heterocycles. The molecule has 2 heterocycles. The zero-order valence-corrected chi connectivity index (χ0v) is 22.3. The Labute approximate surface area is 233 Å². The minimum atomic E-state index is -0.605. The van der Waals surface area contributed by atoms with Gasteiger partial charge in [0.05, 0.1) is 5.69 Å². The van der Waals surface area contributed by atoms with Gasteiger partial charge in [-0.05, 0) is 73.2 Å². The Morgan fingerprint density at radius 3 is 2.53 bits per heavy atom. The van der Waals surface area contributed by atoms with Crippen LogP contribution in [0.1, 0.15) is 11.1 Å². The van der Waals surface area contributed by atoms with E-state index >= 15 is 0 Å². The summed E-state index contributed by atoms with van der Waals surface area (Å²) in [5.74, 6) is -1.42. The van der Waals surface area contributed by atoms with Gasteiger partial charge >= 0.3 is 0 Å². The van der Waals surface area contributed by atoms with E-state index in [2.05, 4.69) is 10.6 Å². The number of nitrogens with zero attached hydrogens (tertiary/aromatic N) is 2. The number of anilines is 2. The van der Waals surface area contributed by atoms with Crippen molar-refractivity contribution in [1.29, 1.82) is 0 Å². The Morgan fingerprint density at radius 2 is 1.79 bits per heavy atom. The van der Waals surface area contributed by atoms with E-state index < -0.39 is 11.8 Å². The van der Waals surface area contributed by atoms with Crippen molar-refractivity contribution < 1.29 is 14.4 Å². The number of carbonyl (C=O) groups excluding carboxylic acids is 3. The van der Waals surface area contributed by atoms with Crippen LogP contribution in [0.5, 0.6) is 0 Å². The molecule has 0 unspecified atom stereocenters. The predicted molar refractivity (Wildman–Crippen MR) is 154 cm³/mol. The predicted octanol–water partition coefficient (Wildman–Crippen LogP) is 5.73. The Bertz CT molecular complexity index is 1660. The zero-order chi connectivity index (χ0) is 27.0. The number of fused-ring (bicyclic) bond motifs is 1. The van der Waals surface area contributed by atoms with E-state index in [1.165, 1.54) is 11.0 Å². The van der Waals surface area contributed by atoms with Crippen LogP contribution >= 0.6 is 35.4 Å². The minimum Gasteiger partial charge on any atom is -0.337 e. The highest BCUT2D eigenvalue weighted by atomic mass is 35.5. The molecule has 0 bridgehead atoms. The van der Waals surface area contributed by atoms with Crippen LogP contribution in [0.15, 0.2) is 78.5 Å². The molecule has 0 saturated carbocycles.